The monoisotopic (exact) mass is 673 g/mol. The van der Waals surface area contributed by atoms with Crippen molar-refractivity contribution >= 4 is 12.1 Å². The van der Waals surface area contributed by atoms with E-state index in [1.807, 2.05) is 58.9 Å². The second-order valence-corrected chi connectivity index (χ2v) is 13.1. The molecule has 276 valence electrons. The highest BCUT2D eigenvalue weighted by Crippen LogP contribution is 2.36. The number of ether oxygens (including phenoxy) is 4. The minimum Gasteiger partial charge on any atom is -0.457 e. The van der Waals surface area contributed by atoms with Crippen molar-refractivity contribution in [3.63, 3.8) is 0 Å². The van der Waals surface area contributed by atoms with Gasteiger partial charge in [0.15, 0.2) is 6.10 Å². The summed E-state index contributed by atoms with van der Waals surface area (Å²) in [6.07, 6.45) is 9.25. The molecule has 3 aliphatic heterocycles. The van der Waals surface area contributed by atoms with Gasteiger partial charge in [0.2, 0.25) is 0 Å². The SMILES string of the molecule is C.CC[C@H](O)[C@@H](C)[C@H]1O[C@@H]1C[C@H](C)/C=C/C=C(\C)[C@H]1OC(=O)C[C@H](O)CC[C@@](C)(OC)[C@@H](OC(=O)N2CCNCC2)/C=C/[C@@H]1C.[2H][2H].[2H][2H].[2H][2H].[2H][2H].[2H][2H].[2H][2H].[2H][2H].[2H][2H].[2H][2H]. The van der Waals surface area contributed by atoms with Gasteiger partial charge in [-0.1, -0.05) is 59.4 Å². The Morgan fingerprint density at radius 1 is 1.31 bits per heavy atom. The number of amides is 1. The molecule has 0 unspecified atom stereocenters. The molecule has 0 aromatic carbocycles. The highest BCUT2D eigenvalue weighted by atomic mass is 16.6. The number of epoxide rings is 1. The molecule has 2 saturated heterocycles. The van der Waals surface area contributed by atoms with Gasteiger partial charge in [0.1, 0.15) is 11.7 Å². The summed E-state index contributed by atoms with van der Waals surface area (Å²) in [6, 6.07) is 0. The van der Waals surface area contributed by atoms with Crippen LogP contribution in [-0.4, -0.2) is 103 Å². The van der Waals surface area contributed by atoms with Crippen molar-refractivity contribution in [2.24, 2.45) is 17.8 Å². The number of hydrogen-bond acceptors (Lipinski definition) is 9. The molecule has 0 aliphatic carbocycles. The van der Waals surface area contributed by atoms with Crippen molar-refractivity contribution < 1.29 is 65.5 Å². The summed E-state index contributed by atoms with van der Waals surface area (Å²) in [7, 11) is 1.57. The smallest absolute Gasteiger partial charge is 0.410 e. The van der Waals surface area contributed by atoms with Crippen LogP contribution in [0.1, 0.15) is 108 Å². The highest BCUT2D eigenvalue weighted by Gasteiger charge is 2.45. The second-order valence-electron chi connectivity index (χ2n) is 13.1. The van der Waals surface area contributed by atoms with Gasteiger partial charge in [0, 0.05) is 71.9 Å². The molecule has 0 spiro atoms. The van der Waals surface area contributed by atoms with Crippen molar-refractivity contribution in [1.82, 2.24) is 10.2 Å². The Kier molecular flexibility index (Phi) is 10.8. The maximum Gasteiger partial charge on any atom is 0.410 e. The van der Waals surface area contributed by atoms with Crippen LogP contribution < -0.4 is 5.32 Å². The lowest BCUT2D eigenvalue weighted by Gasteiger charge is -2.37. The minimum absolute atomic E-state index is 0. The third-order valence-corrected chi connectivity index (χ3v) is 9.39. The van der Waals surface area contributed by atoms with Gasteiger partial charge in [-0.05, 0) is 57.1 Å². The van der Waals surface area contributed by atoms with E-state index in [0.717, 1.165) is 18.4 Å². The molecule has 0 aromatic rings. The normalized spacial score (nSPS) is 36.0. The number of nitrogens with zero attached hydrogens (tertiary/aromatic N) is 1. The molecule has 10 nitrogen and oxygen atoms in total. The fourth-order valence-electron chi connectivity index (χ4n) is 6.02. The number of nitrogens with one attached hydrogen (secondary N) is 1. The van der Waals surface area contributed by atoms with Crippen LogP contribution in [0.15, 0.2) is 36.0 Å². The molecule has 0 radical (unpaired) electrons. The van der Waals surface area contributed by atoms with Gasteiger partial charge in [-0.25, -0.2) is 4.79 Å². The maximum atomic E-state index is 13.1. The van der Waals surface area contributed by atoms with Crippen LogP contribution in [0, 0.1) is 17.8 Å². The number of carbonyl (C=O) groups excluding carboxylic acids is 2. The van der Waals surface area contributed by atoms with Gasteiger partial charge >= 0.3 is 12.1 Å². The number of piperazine rings is 1. The van der Waals surface area contributed by atoms with E-state index in [2.05, 4.69) is 18.3 Å². The van der Waals surface area contributed by atoms with E-state index < -0.39 is 36.0 Å². The fourth-order valence-corrected chi connectivity index (χ4v) is 6.02. The molecule has 2 fully saturated rings. The quantitative estimate of drug-likeness (QED) is 0.0972. The van der Waals surface area contributed by atoms with E-state index in [1.54, 1.807) is 12.0 Å². The first kappa shape index (κ1) is 26.8. The number of carbonyl (C=O) groups is 2. The zero-order chi connectivity index (χ0) is 50.4. The van der Waals surface area contributed by atoms with E-state index in [1.165, 1.54) is 0 Å². The lowest BCUT2D eigenvalue weighted by atomic mass is 9.88. The van der Waals surface area contributed by atoms with E-state index >= 15 is 0 Å². The van der Waals surface area contributed by atoms with Crippen LogP contribution in [0.25, 0.3) is 0 Å². The Morgan fingerprint density at radius 3 is 2.64 bits per heavy atom. The van der Waals surface area contributed by atoms with E-state index in [9.17, 15) is 19.8 Å². The molecule has 0 bridgehead atoms. The average molecular weight is 673 g/mol. The zero-order valence-corrected chi connectivity index (χ0v) is 27.7. The van der Waals surface area contributed by atoms with Crippen molar-refractivity contribution in [2.45, 2.75) is 123 Å². The molecule has 3 N–H and O–H groups in total. The van der Waals surface area contributed by atoms with Crippen molar-refractivity contribution in [3.05, 3.63) is 36.0 Å². The van der Waals surface area contributed by atoms with E-state index in [0.29, 0.717) is 32.6 Å². The van der Waals surface area contributed by atoms with Crippen LogP contribution in [0.3, 0.4) is 0 Å². The summed E-state index contributed by atoms with van der Waals surface area (Å²) in [5.41, 5.74) is -0.0467. The number of aliphatic hydroxyl groups is 2. The lowest BCUT2D eigenvalue weighted by molar-refractivity contribution is -0.151. The summed E-state index contributed by atoms with van der Waals surface area (Å²) in [5, 5.41) is 24.0. The topological polar surface area (TPSA) is 130 Å². The molecule has 3 heterocycles. The van der Waals surface area contributed by atoms with Crippen LogP contribution in [-0.2, 0) is 23.7 Å². The average Bonchev–Trinajstić information content (AvgIpc) is 4.12. The highest BCUT2D eigenvalue weighted by molar-refractivity contribution is 5.70. The van der Waals surface area contributed by atoms with Gasteiger partial charge in [0.25, 0.3) is 0 Å². The minimum atomic E-state index is -0.916. The first-order valence-corrected chi connectivity index (χ1v) is 16.3. The number of hydrogen-bond donors (Lipinski definition) is 3. The van der Waals surface area contributed by atoms with Gasteiger partial charge in [-0.2, -0.15) is 0 Å². The first-order chi connectivity index (χ1) is 29.9. The predicted molar refractivity (Wildman–Crippen MR) is 195 cm³/mol. The number of cyclic esters (lactones) is 1. The predicted octanol–water partition coefficient (Wildman–Crippen LogP) is 7.00. The summed E-state index contributed by atoms with van der Waals surface area (Å²) in [5.74, 6) is -0.316. The molecule has 45 heavy (non-hydrogen) atoms. The Morgan fingerprint density at radius 2 is 2.00 bits per heavy atom. The number of allylic oxidation sites excluding steroid dienone is 3. The Bertz CT molecular complexity index is 1080. The first-order valence-electron chi connectivity index (χ1n) is 25.3. The van der Waals surface area contributed by atoms with Crippen molar-refractivity contribution in [1.29, 1.82) is 0 Å². The molecule has 0 saturated carbocycles. The zero-order valence-electron chi connectivity index (χ0n) is 45.7. The van der Waals surface area contributed by atoms with E-state index in [4.69, 9.17) is 45.7 Å². The van der Waals surface area contributed by atoms with Crippen LogP contribution in [0.4, 0.5) is 4.79 Å². The fraction of sp³-hybridized carbons (Fsp3) is 0.771. The standard InChI is InChI=1S/C34H56N2O8.CH4.9H2/c1-8-27(38)25(5)32-28(42-32)20-22(2)10-9-11-23(3)31-24(4)12-13-29(43-33(40)36-18-16-35-17-19-36)34(6,41-7)15-14-26(37)21-30(39)44-31;;;;;;;;;;/h9-13,22,24-29,31-32,35,37-38H,8,14-21H2,1-7H3;1H4;9*1H/b10-9+,13-12+,23-11+;;;;;;;;;;/t22-,24+,25-,26-,27+,28-,29+,31-,32-,34-;;;;;;;;;;/m1........../s1/i;;9*1+1D. The molecular weight excluding hydrogens is 576 g/mol. The number of methoxy groups -OCH3 is 1. The Hall–Kier alpha value is -2.24. The molecule has 0 aromatic heterocycles. The van der Waals surface area contributed by atoms with Gasteiger partial charge < -0.3 is 39.4 Å². The Balaban J connectivity index is -0.000000235. The van der Waals surface area contributed by atoms with Crippen LogP contribution in [0.2, 0.25) is 0 Å². The van der Waals surface area contributed by atoms with Crippen LogP contribution >= 0.6 is 0 Å². The largest absolute Gasteiger partial charge is 0.457 e. The molecule has 3 rings (SSSR count). The van der Waals surface area contributed by atoms with Gasteiger partial charge in [0.05, 0.1) is 30.8 Å². The van der Waals surface area contributed by atoms with Crippen molar-refractivity contribution in [2.75, 3.05) is 33.3 Å². The third kappa shape index (κ3) is 11.5. The van der Waals surface area contributed by atoms with Crippen molar-refractivity contribution in [3.8, 4) is 0 Å². The number of aliphatic hydroxyl groups excluding tert-OH is 2. The van der Waals surface area contributed by atoms with E-state index in [-0.39, 0.29) is 56.3 Å². The Labute approximate surface area is 299 Å². The molecule has 1 amide bonds. The second kappa shape index (κ2) is 18.2. The van der Waals surface area contributed by atoms with Gasteiger partial charge in [-0.3, -0.25) is 4.79 Å². The molecule has 10 heteroatoms. The third-order valence-electron chi connectivity index (χ3n) is 9.39. The lowest BCUT2D eigenvalue weighted by Crippen LogP contribution is -2.50. The summed E-state index contributed by atoms with van der Waals surface area (Å²) in [4.78, 5) is 27.6. The summed E-state index contributed by atoms with van der Waals surface area (Å²) >= 11 is 0. The summed E-state index contributed by atoms with van der Waals surface area (Å²) in [6.45, 7) is 14.5. The molecule has 3 aliphatic rings. The molecule has 10 atom stereocenters. The summed E-state index contributed by atoms with van der Waals surface area (Å²) < 4.78 is 114. The van der Waals surface area contributed by atoms with Gasteiger partial charge in [-0.15, -0.1) is 0 Å². The number of esters is 1. The maximum absolute atomic E-state index is 13.1. The number of rotatable bonds is 10. The van der Waals surface area contributed by atoms with Crippen LogP contribution in [0.5, 0.6) is 0 Å². The molecular formula is C35H78N2O8.